The quantitative estimate of drug-likeness (QED) is 0.497. The molecule has 0 aromatic carbocycles. The Labute approximate surface area is 137 Å². The zero-order valence-electron chi connectivity index (χ0n) is 13.9. The summed E-state index contributed by atoms with van der Waals surface area (Å²) in [5, 5.41) is 8.30. The van der Waals surface area contributed by atoms with Gasteiger partial charge in [-0.15, -0.1) is 5.10 Å². The summed E-state index contributed by atoms with van der Waals surface area (Å²) < 4.78 is 0. The molecule has 3 aliphatic rings. The highest BCUT2D eigenvalue weighted by molar-refractivity contribution is 5.77. The summed E-state index contributed by atoms with van der Waals surface area (Å²) in [7, 11) is 0. The van der Waals surface area contributed by atoms with Gasteiger partial charge in [0, 0.05) is 24.4 Å². The van der Waals surface area contributed by atoms with Gasteiger partial charge in [0.05, 0.1) is 11.7 Å². The lowest BCUT2D eigenvalue weighted by molar-refractivity contribution is -0.139. The molecular formula is C17H25N5O. The van der Waals surface area contributed by atoms with E-state index < -0.39 is 0 Å². The Hall–Kier alpha value is -1.95. The molecule has 1 fully saturated rings. The summed E-state index contributed by atoms with van der Waals surface area (Å²) in [6.07, 6.45) is 8.10. The number of carbonyl (C=O) groups excluding carboxylic acids is 1. The number of fused-ring (bicyclic) bond motifs is 4. The monoisotopic (exact) mass is 315 g/mol. The number of anilines is 1. The van der Waals surface area contributed by atoms with E-state index in [4.69, 9.17) is 5.84 Å². The van der Waals surface area contributed by atoms with Crippen molar-refractivity contribution in [2.75, 3.05) is 5.43 Å². The van der Waals surface area contributed by atoms with Crippen LogP contribution in [-0.4, -0.2) is 27.0 Å². The maximum Gasteiger partial charge on any atom is 0.223 e. The molecule has 1 amide bonds. The number of amides is 1. The second-order valence-electron chi connectivity index (χ2n) is 6.49. The summed E-state index contributed by atoms with van der Waals surface area (Å²) in [6, 6.07) is 2.38. The normalized spacial score (nSPS) is 24.0. The summed E-state index contributed by atoms with van der Waals surface area (Å²) in [6.45, 7) is 4.06. The first kappa shape index (κ1) is 15.9. The van der Waals surface area contributed by atoms with Gasteiger partial charge >= 0.3 is 0 Å². The summed E-state index contributed by atoms with van der Waals surface area (Å²) in [5.41, 5.74) is 6.21. The standard InChI is InChI=1S/C13H19N5O.C4H6/c1-2-13(19)18-8-4-3-5-11(18)9-7-12(15-14)17-16-10(9)6-8;1-4-2-3-4/h7-8,11H,2-6,14H2,1H3,(H,15,17);2H,3H2,1H3. The maximum atomic E-state index is 12.2. The third kappa shape index (κ3) is 3.37. The number of hydrogen-bond acceptors (Lipinski definition) is 5. The van der Waals surface area contributed by atoms with E-state index in [0.29, 0.717) is 18.3 Å². The Kier molecular flexibility index (Phi) is 4.61. The van der Waals surface area contributed by atoms with Gasteiger partial charge in [0.2, 0.25) is 5.91 Å². The van der Waals surface area contributed by atoms with E-state index >= 15 is 0 Å². The molecule has 1 saturated heterocycles. The van der Waals surface area contributed by atoms with Gasteiger partial charge in [0.25, 0.3) is 0 Å². The Balaban J connectivity index is 0.000000341. The lowest BCUT2D eigenvalue weighted by Crippen LogP contribution is -2.50. The van der Waals surface area contributed by atoms with Crippen molar-refractivity contribution in [3.05, 3.63) is 29.0 Å². The number of rotatable bonds is 2. The second-order valence-corrected chi connectivity index (χ2v) is 6.49. The van der Waals surface area contributed by atoms with Crippen molar-refractivity contribution in [3.63, 3.8) is 0 Å². The second kappa shape index (κ2) is 6.66. The number of nitrogens with one attached hydrogen (secondary N) is 1. The van der Waals surface area contributed by atoms with E-state index in [1.54, 1.807) is 5.57 Å². The van der Waals surface area contributed by atoms with Crippen molar-refractivity contribution in [1.29, 1.82) is 0 Å². The number of piperidine rings is 1. The molecule has 1 aromatic heterocycles. The lowest BCUT2D eigenvalue weighted by atomic mass is 9.82. The third-order valence-corrected chi connectivity index (χ3v) is 4.79. The zero-order valence-corrected chi connectivity index (χ0v) is 13.9. The molecule has 124 valence electrons. The van der Waals surface area contributed by atoms with Crippen LogP contribution in [-0.2, 0) is 11.2 Å². The molecule has 6 heteroatoms. The molecule has 1 aromatic rings. The van der Waals surface area contributed by atoms with Crippen molar-refractivity contribution in [2.24, 2.45) is 5.84 Å². The van der Waals surface area contributed by atoms with Crippen LogP contribution in [0.2, 0.25) is 0 Å². The molecule has 2 aliphatic heterocycles. The molecule has 6 nitrogen and oxygen atoms in total. The summed E-state index contributed by atoms with van der Waals surface area (Å²) >= 11 is 0. The number of nitrogens with zero attached hydrogens (tertiary/aromatic N) is 3. The van der Waals surface area contributed by atoms with E-state index in [0.717, 1.165) is 36.9 Å². The average molecular weight is 315 g/mol. The first-order valence-corrected chi connectivity index (χ1v) is 8.44. The van der Waals surface area contributed by atoms with E-state index in [1.807, 2.05) is 13.0 Å². The minimum atomic E-state index is 0.151. The van der Waals surface area contributed by atoms with E-state index in [-0.39, 0.29) is 11.9 Å². The van der Waals surface area contributed by atoms with Crippen LogP contribution >= 0.6 is 0 Å². The molecule has 23 heavy (non-hydrogen) atoms. The van der Waals surface area contributed by atoms with Gasteiger partial charge in [-0.25, -0.2) is 5.84 Å². The van der Waals surface area contributed by atoms with E-state index in [9.17, 15) is 4.79 Å². The van der Waals surface area contributed by atoms with Crippen LogP contribution in [0.4, 0.5) is 5.82 Å². The van der Waals surface area contributed by atoms with Gasteiger partial charge in [-0.2, -0.15) is 5.10 Å². The van der Waals surface area contributed by atoms with Crippen LogP contribution in [0.5, 0.6) is 0 Å². The van der Waals surface area contributed by atoms with Crippen LogP contribution in [0.1, 0.15) is 63.3 Å². The van der Waals surface area contributed by atoms with Crippen molar-refractivity contribution in [2.45, 2.75) is 64.5 Å². The Bertz CT molecular complexity index is 627. The molecule has 2 bridgehead atoms. The molecule has 0 saturated carbocycles. The molecule has 3 N–H and O–H groups in total. The predicted molar refractivity (Wildman–Crippen MR) is 89.4 cm³/mol. The highest BCUT2D eigenvalue weighted by Gasteiger charge is 2.40. The average Bonchev–Trinajstić information content (AvgIpc) is 3.36. The number of nitrogen functional groups attached to an aromatic ring is 1. The maximum absolute atomic E-state index is 12.2. The summed E-state index contributed by atoms with van der Waals surface area (Å²) in [4.78, 5) is 14.3. The zero-order chi connectivity index (χ0) is 16.4. The fourth-order valence-corrected chi connectivity index (χ4v) is 3.42. The first-order valence-electron chi connectivity index (χ1n) is 8.44. The van der Waals surface area contributed by atoms with Gasteiger partial charge in [0.1, 0.15) is 0 Å². The fraction of sp³-hybridized carbons (Fsp3) is 0.588. The number of nitrogens with two attached hydrogens (primary N) is 1. The number of hydrogen-bond donors (Lipinski definition) is 2. The third-order valence-electron chi connectivity index (χ3n) is 4.79. The molecule has 0 radical (unpaired) electrons. The van der Waals surface area contributed by atoms with Crippen LogP contribution in [0.15, 0.2) is 17.7 Å². The molecule has 0 spiro atoms. The van der Waals surface area contributed by atoms with Crippen LogP contribution in [0.3, 0.4) is 0 Å². The Morgan fingerprint density at radius 1 is 1.43 bits per heavy atom. The molecule has 4 rings (SSSR count). The molecule has 2 atom stereocenters. The van der Waals surface area contributed by atoms with Crippen molar-refractivity contribution in [3.8, 4) is 0 Å². The smallest absolute Gasteiger partial charge is 0.223 e. The SMILES string of the molecule is CC1=CC1.CCC(=O)N1C2CCCC1c1cc(NN)nnc1C2. The molecular weight excluding hydrogens is 290 g/mol. The number of carbonyl (C=O) groups is 1. The van der Waals surface area contributed by atoms with E-state index in [2.05, 4.69) is 33.5 Å². The van der Waals surface area contributed by atoms with Gasteiger partial charge in [0.15, 0.2) is 5.82 Å². The number of hydrazine groups is 1. The Morgan fingerprint density at radius 2 is 2.17 bits per heavy atom. The van der Waals surface area contributed by atoms with Crippen molar-refractivity contribution in [1.82, 2.24) is 15.1 Å². The largest absolute Gasteiger partial charge is 0.332 e. The lowest BCUT2D eigenvalue weighted by Gasteiger charge is -2.46. The van der Waals surface area contributed by atoms with Crippen LogP contribution in [0, 0.1) is 0 Å². The van der Waals surface area contributed by atoms with Gasteiger partial charge < -0.3 is 10.3 Å². The van der Waals surface area contributed by atoms with Gasteiger partial charge in [-0.3, -0.25) is 4.79 Å². The van der Waals surface area contributed by atoms with Crippen molar-refractivity contribution < 1.29 is 4.79 Å². The minimum Gasteiger partial charge on any atom is -0.332 e. The summed E-state index contributed by atoms with van der Waals surface area (Å²) in [5.74, 6) is 6.20. The highest BCUT2D eigenvalue weighted by atomic mass is 16.2. The molecule has 3 heterocycles. The van der Waals surface area contributed by atoms with E-state index in [1.165, 1.54) is 6.42 Å². The van der Waals surface area contributed by atoms with Crippen molar-refractivity contribution >= 4 is 11.7 Å². The minimum absolute atomic E-state index is 0.151. The van der Waals surface area contributed by atoms with Gasteiger partial charge in [-0.1, -0.05) is 18.6 Å². The number of aromatic nitrogens is 2. The highest BCUT2D eigenvalue weighted by Crippen LogP contribution is 2.41. The topological polar surface area (TPSA) is 84.1 Å². The van der Waals surface area contributed by atoms with Crippen LogP contribution in [0.25, 0.3) is 0 Å². The first-order chi connectivity index (χ1) is 11.1. The predicted octanol–water partition coefficient (Wildman–Crippen LogP) is 2.49. The molecule has 1 aliphatic carbocycles. The van der Waals surface area contributed by atoms with Gasteiger partial charge in [-0.05, 0) is 38.7 Å². The fourth-order valence-electron chi connectivity index (χ4n) is 3.42. The molecule has 2 unspecified atom stereocenters. The van der Waals surface area contributed by atoms with Crippen LogP contribution < -0.4 is 11.3 Å². The Morgan fingerprint density at radius 3 is 2.78 bits per heavy atom. The number of allylic oxidation sites excluding steroid dienone is 2.